The molecular weight excluding hydrogens is 496 g/mol. The molecule has 9 heteroatoms. The first-order valence-corrected chi connectivity index (χ1v) is 13.5. The van der Waals surface area contributed by atoms with Gasteiger partial charge in [0.25, 0.3) is 0 Å². The summed E-state index contributed by atoms with van der Waals surface area (Å²) in [5.41, 5.74) is 7.52. The van der Waals surface area contributed by atoms with Crippen LogP contribution in [-0.4, -0.2) is 53.3 Å². The van der Waals surface area contributed by atoms with Gasteiger partial charge in [-0.05, 0) is 62.6 Å². The molecule has 39 heavy (non-hydrogen) atoms. The summed E-state index contributed by atoms with van der Waals surface area (Å²) in [5.74, 6) is 2.08. The van der Waals surface area contributed by atoms with Crippen LogP contribution < -0.4 is 25.3 Å². The van der Waals surface area contributed by atoms with Gasteiger partial charge in [0.2, 0.25) is 5.91 Å². The number of hydrogen-bond acceptors (Lipinski definition) is 8. The summed E-state index contributed by atoms with van der Waals surface area (Å²) >= 11 is 0. The fraction of sp³-hybridized carbons (Fsp3) is 0.467. The van der Waals surface area contributed by atoms with Crippen molar-refractivity contribution in [1.29, 1.82) is 0 Å². The van der Waals surface area contributed by atoms with E-state index in [1.807, 2.05) is 57.2 Å². The average Bonchev–Trinajstić information content (AvgIpc) is 2.92. The number of ether oxygens (including phenoxy) is 3. The molecule has 2 aliphatic rings. The molecule has 2 heterocycles. The number of hydrogen-bond donors (Lipinski definition) is 3. The quantitative estimate of drug-likeness (QED) is 0.418. The van der Waals surface area contributed by atoms with Gasteiger partial charge in [-0.2, -0.15) is 0 Å². The van der Waals surface area contributed by atoms with E-state index in [4.69, 9.17) is 24.9 Å². The molecule has 0 saturated heterocycles. The van der Waals surface area contributed by atoms with Crippen LogP contribution in [0, 0.1) is 0 Å². The first-order valence-electron chi connectivity index (χ1n) is 13.5. The normalized spacial score (nSPS) is 21.9. The third-order valence-electron chi connectivity index (χ3n) is 7.76. The molecule has 2 atom stereocenters. The number of aliphatic hydroxyl groups is 1. The number of nitrogens with two attached hydrogens (primary N) is 1. The summed E-state index contributed by atoms with van der Waals surface area (Å²) in [5, 5.41) is 14.7. The maximum Gasteiger partial charge on any atom is 0.232 e. The lowest BCUT2D eigenvalue weighted by Gasteiger charge is -2.40. The Kier molecular flexibility index (Phi) is 8.11. The van der Waals surface area contributed by atoms with E-state index in [9.17, 15) is 9.90 Å². The number of aliphatic imine (C=N–C) groups is 1. The van der Waals surface area contributed by atoms with Crippen LogP contribution in [0.4, 0.5) is 0 Å². The molecule has 210 valence electrons. The van der Waals surface area contributed by atoms with Gasteiger partial charge in [-0.25, -0.2) is 4.99 Å². The number of carbonyl (C=O) groups excluding carboxylic acids is 1. The van der Waals surface area contributed by atoms with Crippen molar-refractivity contribution in [2.24, 2.45) is 10.7 Å². The largest absolute Gasteiger partial charge is 0.496 e. The highest BCUT2D eigenvalue weighted by Gasteiger charge is 2.42. The lowest BCUT2D eigenvalue weighted by atomic mass is 9.86. The number of methoxy groups -OCH3 is 1. The van der Waals surface area contributed by atoms with E-state index >= 15 is 0 Å². The van der Waals surface area contributed by atoms with E-state index in [1.54, 1.807) is 14.0 Å². The van der Waals surface area contributed by atoms with Crippen molar-refractivity contribution in [3.05, 3.63) is 59.7 Å². The van der Waals surface area contributed by atoms with Crippen molar-refractivity contribution in [3.8, 4) is 17.2 Å². The average molecular weight is 537 g/mol. The van der Waals surface area contributed by atoms with Crippen molar-refractivity contribution >= 4 is 17.6 Å². The highest BCUT2D eigenvalue weighted by molar-refractivity contribution is 5.99. The van der Waals surface area contributed by atoms with Crippen LogP contribution in [0.15, 0.2) is 48.0 Å². The van der Waals surface area contributed by atoms with E-state index in [0.717, 1.165) is 29.5 Å². The molecule has 2 unspecified atom stereocenters. The summed E-state index contributed by atoms with van der Waals surface area (Å²) in [7, 11) is 1.59. The smallest absolute Gasteiger partial charge is 0.232 e. The standard InChI is InChI=1S/C30H40N4O5/c1-7-30(8-2)16-25(35)34(28(31)33-30)17-21-15-20(13-14-22(21)38-9-3)19(4)32-27-26-23(37-6)11-10-12-24(26)39-18-29(27,5)36/h10-15,27,32,36H,4,7-9,16-18H2,1-3,5-6H3,(H2,31,33). The van der Waals surface area contributed by atoms with Gasteiger partial charge < -0.3 is 30.4 Å². The zero-order chi connectivity index (χ0) is 28.4. The molecule has 0 bridgehead atoms. The molecule has 2 aromatic carbocycles. The lowest BCUT2D eigenvalue weighted by Crippen LogP contribution is -2.50. The van der Waals surface area contributed by atoms with Gasteiger partial charge >= 0.3 is 0 Å². The van der Waals surface area contributed by atoms with Gasteiger partial charge in [0.05, 0.1) is 43.8 Å². The second kappa shape index (κ2) is 11.2. The van der Waals surface area contributed by atoms with Crippen LogP contribution >= 0.6 is 0 Å². The van der Waals surface area contributed by atoms with Crippen LogP contribution in [0.5, 0.6) is 17.2 Å². The molecule has 0 aromatic heterocycles. The van der Waals surface area contributed by atoms with Crippen molar-refractivity contribution in [2.45, 2.75) is 70.7 Å². The summed E-state index contributed by atoms with van der Waals surface area (Å²) in [6.45, 7) is 12.8. The number of carbonyl (C=O) groups is 1. The third kappa shape index (κ3) is 5.54. The van der Waals surface area contributed by atoms with Crippen LogP contribution in [0.3, 0.4) is 0 Å². The Labute approximate surface area is 230 Å². The van der Waals surface area contributed by atoms with E-state index in [0.29, 0.717) is 36.0 Å². The number of benzene rings is 2. The van der Waals surface area contributed by atoms with Crippen LogP contribution in [0.25, 0.3) is 5.70 Å². The first kappa shape index (κ1) is 28.3. The third-order valence-corrected chi connectivity index (χ3v) is 7.76. The molecule has 0 saturated carbocycles. The number of nitrogens with zero attached hydrogens (tertiary/aromatic N) is 2. The molecular formula is C30H40N4O5. The summed E-state index contributed by atoms with van der Waals surface area (Å²) in [6.07, 6.45) is 1.82. The van der Waals surface area contributed by atoms with Gasteiger partial charge in [-0.1, -0.05) is 26.5 Å². The van der Waals surface area contributed by atoms with Gasteiger partial charge in [0.15, 0.2) is 5.96 Å². The molecule has 4 N–H and O–H groups in total. The number of amides is 1. The van der Waals surface area contributed by atoms with Crippen molar-refractivity contribution in [1.82, 2.24) is 10.2 Å². The van der Waals surface area contributed by atoms with Crippen molar-refractivity contribution < 1.29 is 24.1 Å². The van der Waals surface area contributed by atoms with E-state index in [-0.39, 0.29) is 25.0 Å². The highest BCUT2D eigenvalue weighted by atomic mass is 16.5. The highest BCUT2D eigenvalue weighted by Crippen LogP contribution is 2.44. The topological polar surface area (TPSA) is 119 Å². The Morgan fingerprint density at radius 3 is 2.64 bits per heavy atom. The van der Waals surface area contributed by atoms with Crippen LogP contribution in [0.2, 0.25) is 0 Å². The van der Waals surface area contributed by atoms with Gasteiger partial charge in [-0.15, -0.1) is 0 Å². The Hall–Kier alpha value is -3.72. The SMILES string of the molecule is C=C(NC1c2c(OC)cccc2OCC1(C)O)c1ccc(OCC)c(CN2C(=O)CC(CC)(CC)N=C2N)c1. The minimum atomic E-state index is -1.23. The van der Waals surface area contributed by atoms with Gasteiger partial charge in [0, 0.05) is 11.3 Å². The fourth-order valence-corrected chi connectivity index (χ4v) is 5.25. The first-order chi connectivity index (χ1) is 18.6. The molecule has 0 aliphatic carbocycles. The lowest BCUT2D eigenvalue weighted by molar-refractivity contribution is -0.130. The zero-order valence-corrected chi connectivity index (χ0v) is 23.5. The van der Waals surface area contributed by atoms with E-state index in [2.05, 4.69) is 11.9 Å². The Morgan fingerprint density at radius 1 is 1.26 bits per heavy atom. The monoisotopic (exact) mass is 536 g/mol. The number of nitrogens with one attached hydrogen (secondary N) is 1. The predicted molar refractivity (Wildman–Crippen MR) is 152 cm³/mol. The maximum atomic E-state index is 13.2. The van der Waals surface area contributed by atoms with E-state index < -0.39 is 17.2 Å². The van der Waals surface area contributed by atoms with Crippen LogP contribution in [0.1, 0.15) is 69.7 Å². The van der Waals surface area contributed by atoms with Crippen molar-refractivity contribution in [2.75, 3.05) is 20.3 Å². The minimum Gasteiger partial charge on any atom is -0.496 e. The summed E-state index contributed by atoms with van der Waals surface area (Å²) in [4.78, 5) is 19.4. The minimum absolute atomic E-state index is 0.0574. The molecule has 2 aromatic rings. The molecule has 0 fully saturated rings. The number of guanidine groups is 1. The Balaban J connectivity index is 1.65. The van der Waals surface area contributed by atoms with Crippen LogP contribution in [-0.2, 0) is 11.3 Å². The second-order valence-electron chi connectivity index (χ2n) is 10.4. The maximum absolute atomic E-state index is 13.2. The molecule has 4 rings (SSSR count). The molecule has 2 aliphatic heterocycles. The predicted octanol–water partition coefficient (Wildman–Crippen LogP) is 4.14. The van der Waals surface area contributed by atoms with Gasteiger partial charge in [0.1, 0.15) is 29.5 Å². The Bertz CT molecular complexity index is 1250. The number of rotatable bonds is 10. The Morgan fingerprint density at radius 2 is 2.00 bits per heavy atom. The summed E-state index contributed by atoms with van der Waals surface area (Å²) in [6, 6.07) is 10.7. The van der Waals surface area contributed by atoms with Crippen molar-refractivity contribution in [3.63, 3.8) is 0 Å². The number of fused-ring (bicyclic) bond motifs is 1. The molecule has 9 nitrogen and oxygen atoms in total. The van der Waals surface area contributed by atoms with E-state index in [1.165, 1.54) is 4.90 Å². The second-order valence-corrected chi connectivity index (χ2v) is 10.4. The zero-order valence-electron chi connectivity index (χ0n) is 23.5. The summed E-state index contributed by atoms with van der Waals surface area (Å²) < 4.78 is 17.3. The molecule has 1 amide bonds. The molecule has 0 radical (unpaired) electrons. The van der Waals surface area contributed by atoms with Gasteiger partial charge in [-0.3, -0.25) is 9.69 Å². The fourth-order valence-electron chi connectivity index (χ4n) is 5.25. The molecule has 0 spiro atoms.